The maximum absolute atomic E-state index is 10.4. The normalized spacial score (nSPS) is 16.0. The molecule has 0 atom stereocenters. The van der Waals surface area contributed by atoms with Crippen LogP contribution in [0.25, 0.3) is 0 Å². The molecule has 0 amide bonds. The van der Waals surface area contributed by atoms with E-state index in [1.165, 1.54) is 0 Å². The first-order chi connectivity index (χ1) is 5.42. The molecule has 0 spiro atoms. The molecule has 0 radical (unpaired) electrons. The van der Waals surface area contributed by atoms with Gasteiger partial charge in [-0.2, -0.15) is 11.8 Å². The van der Waals surface area contributed by atoms with Crippen molar-refractivity contribution < 1.29 is 9.32 Å². The zero-order chi connectivity index (χ0) is 7.68. The molecule has 2 rings (SSSR count). The fourth-order valence-corrected chi connectivity index (χ4v) is 2.08. The molecule has 1 aromatic heterocycles. The summed E-state index contributed by atoms with van der Waals surface area (Å²) in [6.07, 6.45) is 1.68. The fourth-order valence-electron chi connectivity index (χ4n) is 1.17. The molecule has 0 fully saturated rings. The molecule has 0 N–H and O–H groups in total. The third kappa shape index (κ3) is 1.07. The highest BCUT2D eigenvalue weighted by Gasteiger charge is 2.18. The smallest absolute Gasteiger partial charge is 0.172 e. The third-order valence-electron chi connectivity index (χ3n) is 1.74. The molecule has 3 nitrogen and oxygen atoms in total. The third-order valence-corrected chi connectivity index (χ3v) is 2.70. The number of thioether (sulfide) groups is 1. The van der Waals surface area contributed by atoms with Gasteiger partial charge in [-0.3, -0.25) is 4.79 Å². The van der Waals surface area contributed by atoms with E-state index in [9.17, 15) is 4.79 Å². The van der Waals surface area contributed by atoms with Crippen molar-refractivity contribution in [3.8, 4) is 0 Å². The SMILES string of the molecule is O=Cc1noc2c1CCSC2. The lowest BCUT2D eigenvalue weighted by atomic mass is 10.1. The van der Waals surface area contributed by atoms with Crippen LogP contribution < -0.4 is 0 Å². The second-order valence-electron chi connectivity index (χ2n) is 2.39. The van der Waals surface area contributed by atoms with Gasteiger partial charge in [0.2, 0.25) is 0 Å². The predicted octanol–water partition coefficient (Wildman–Crippen LogP) is 1.28. The summed E-state index contributed by atoms with van der Waals surface area (Å²) in [6, 6.07) is 0. The minimum absolute atomic E-state index is 0.486. The second kappa shape index (κ2) is 2.70. The molecule has 58 valence electrons. The minimum Gasteiger partial charge on any atom is -0.359 e. The van der Waals surface area contributed by atoms with E-state index in [2.05, 4.69) is 5.16 Å². The molecule has 1 aliphatic heterocycles. The van der Waals surface area contributed by atoms with Crippen molar-refractivity contribution in [3.63, 3.8) is 0 Å². The zero-order valence-corrected chi connectivity index (χ0v) is 6.69. The summed E-state index contributed by atoms with van der Waals surface area (Å²) in [4.78, 5) is 10.4. The van der Waals surface area contributed by atoms with Gasteiger partial charge in [0.1, 0.15) is 5.69 Å². The molecule has 0 unspecified atom stereocenters. The monoisotopic (exact) mass is 169 g/mol. The van der Waals surface area contributed by atoms with Crippen molar-refractivity contribution in [1.29, 1.82) is 0 Å². The summed E-state index contributed by atoms with van der Waals surface area (Å²) >= 11 is 1.81. The van der Waals surface area contributed by atoms with Crippen LogP contribution in [0.5, 0.6) is 0 Å². The Morgan fingerprint density at radius 1 is 1.64 bits per heavy atom. The Balaban J connectivity index is 2.45. The molecule has 0 aliphatic carbocycles. The van der Waals surface area contributed by atoms with Gasteiger partial charge in [-0.05, 0) is 12.2 Å². The number of fused-ring (bicyclic) bond motifs is 1. The predicted molar refractivity (Wildman–Crippen MR) is 41.8 cm³/mol. The lowest BCUT2D eigenvalue weighted by molar-refractivity contribution is 0.111. The number of aromatic nitrogens is 1. The van der Waals surface area contributed by atoms with Crippen molar-refractivity contribution in [2.45, 2.75) is 12.2 Å². The standard InChI is InChI=1S/C7H7NO2S/c9-3-6-5-1-2-11-4-7(5)10-8-6/h3H,1-2,4H2. The summed E-state index contributed by atoms with van der Waals surface area (Å²) in [6.45, 7) is 0. The Morgan fingerprint density at radius 2 is 2.55 bits per heavy atom. The number of aldehydes is 1. The molecule has 4 heteroatoms. The first-order valence-electron chi connectivity index (χ1n) is 3.42. The van der Waals surface area contributed by atoms with Crippen LogP contribution in [0, 0.1) is 0 Å². The van der Waals surface area contributed by atoms with Crippen LogP contribution in [0.2, 0.25) is 0 Å². The Morgan fingerprint density at radius 3 is 3.36 bits per heavy atom. The number of carbonyl (C=O) groups is 1. The van der Waals surface area contributed by atoms with Gasteiger partial charge in [-0.25, -0.2) is 0 Å². The summed E-state index contributed by atoms with van der Waals surface area (Å²) in [5.74, 6) is 2.80. The molecule has 11 heavy (non-hydrogen) atoms. The van der Waals surface area contributed by atoms with E-state index in [-0.39, 0.29) is 0 Å². The van der Waals surface area contributed by atoms with Crippen LogP contribution in [0.4, 0.5) is 0 Å². The summed E-state index contributed by atoms with van der Waals surface area (Å²) in [5.41, 5.74) is 1.50. The van der Waals surface area contributed by atoms with Gasteiger partial charge >= 0.3 is 0 Å². The van der Waals surface area contributed by atoms with Crippen LogP contribution in [0.1, 0.15) is 21.8 Å². The number of nitrogens with zero attached hydrogens (tertiary/aromatic N) is 1. The highest BCUT2D eigenvalue weighted by molar-refractivity contribution is 7.98. The van der Waals surface area contributed by atoms with Gasteiger partial charge in [-0.15, -0.1) is 0 Å². The van der Waals surface area contributed by atoms with E-state index in [0.29, 0.717) is 5.69 Å². The Kier molecular flexibility index (Phi) is 1.69. The Bertz CT molecular complexity index is 282. The zero-order valence-electron chi connectivity index (χ0n) is 5.87. The molecule has 1 aliphatic rings. The van der Waals surface area contributed by atoms with E-state index < -0.39 is 0 Å². The summed E-state index contributed by atoms with van der Waals surface area (Å²) in [5, 5.41) is 3.66. The first kappa shape index (κ1) is 6.91. The molecule has 2 heterocycles. The number of rotatable bonds is 1. The Labute approximate surface area is 68.1 Å². The van der Waals surface area contributed by atoms with Gasteiger partial charge in [0.05, 0.1) is 5.75 Å². The molecule has 0 saturated heterocycles. The summed E-state index contributed by atoms with van der Waals surface area (Å²) in [7, 11) is 0. The number of hydrogen-bond acceptors (Lipinski definition) is 4. The molecule has 1 aromatic rings. The van der Waals surface area contributed by atoms with Crippen molar-refractivity contribution in [2.75, 3.05) is 5.75 Å². The van der Waals surface area contributed by atoms with E-state index in [4.69, 9.17) is 4.52 Å². The first-order valence-corrected chi connectivity index (χ1v) is 4.57. The molecule has 0 saturated carbocycles. The van der Waals surface area contributed by atoms with E-state index >= 15 is 0 Å². The van der Waals surface area contributed by atoms with E-state index in [1.807, 2.05) is 11.8 Å². The maximum Gasteiger partial charge on any atom is 0.172 e. The van der Waals surface area contributed by atoms with Gasteiger partial charge in [-0.1, -0.05) is 5.16 Å². The van der Waals surface area contributed by atoms with Gasteiger partial charge in [0.15, 0.2) is 12.0 Å². The average molecular weight is 169 g/mol. The van der Waals surface area contributed by atoms with Gasteiger partial charge < -0.3 is 4.52 Å². The van der Waals surface area contributed by atoms with Gasteiger partial charge in [0, 0.05) is 5.56 Å². The number of carbonyl (C=O) groups excluding carboxylic acids is 1. The van der Waals surface area contributed by atoms with Crippen LogP contribution in [-0.2, 0) is 12.2 Å². The van der Waals surface area contributed by atoms with Crippen LogP contribution >= 0.6 is 11.8 Å². The number of hydrogen-bond donors (Lipinski definition) is 0. The van der Waals surface area contributed by atoms with Crippen LogP contribution in [0.15, 0.2) is 4.52 Å². The quantitative estimate of drug-likeness (QED) is 0.594. The van der Waals surface area contributed by atoms with Crippen LogP contribution in [-0.4, -0.2) is 17.2 Å². The van der Waals surface area contributed by atoms with Crippen molar-refractivity contribution in [3.05, 3.63) is 17.0 Å². The average Bonchev–Trinajstić information content (AvgIpc) is 2.47. The minimum atomic E-state index is 0.486. The van der Waals surface area contributed by atoms with Crippen molar-refractivity contribution in [1.82, 2.24) is 5.16 Å². The lowest BCUT2D eigenvalue weighted by Gasteiger charge is -2.06. The summed E-state index contributed by atoms with van der Waals surface area (Å²) < 4.78 is 4.98. The molecule has 0 aromatic carbocycles. The fraction of sp³-hybridized carbons (Fsp3) is 0.429. The van der Waals surface area contributed by atoms with Crippen molar-refractivity contribution in [2.24, 2.45) is 0 Å². The largest absolute Gasteiger partial charge is 0.359 e. The highest BCUT2D eigenvalue weighted by Crippen LogP contribution is 2.25. The van der Waals surface area contributed by atoms with Gasteiger partial charge in [0.25, 0.3) is 0 Å². The molecular formula is C7H7NO2S. The lowest BCUT2D eigenvalue weighted by Crippen LogP contribution is -2.01. The van der Waals surface area contributed by atoms with Crippen LogP contribution in [0.3, 0.4) is 0 Å². The molecular weight excluding hydrogens is 162 g/mol. The topological polar surface area (TPSA) is 43.1 Å². The Hall–Kier alpha value is -0.770. The van der Waals surface area contributed by atoms with E-state index in [1.54, 1.807) is 0 Å². The van der Waals surface area contributed by atoms with Crippen molar-refractivity contribution >= 4 is 18.0 Å². The molecule has 0 bridgehead atoms. The maximum atomic E-state index is 10.4. The van der Waals surface area contributed by atoms with E-state index in [0.717, 1.165) is 35.5 Å². The second-order valence-corrected chi connectivity index (χ2v) is 3.50. The highest BCUT2D eigenvalue weighted by atomic mass is 32.2.